The Balaban J connectivity index is 1.81. The van der Waals surface area contributed by atoms with Crippen LogP contribution in [0.25, 0.3) is 11.3 Å². The Morgan fingerprint density at radius 1 is 1.30 bits per heavy atom. The summed E-state index contributed by atoms with van der Waals surface area (Å²) in [4.78, 5) is 29.4. The predicted octanol–water partition coefficient (Wildman–Crippen LogP) is 4.95. The Morgan fingerprint density at radius 2 is 2.11 bits per heavy atom. The molecule has 8 heteroatoms. The highest BCUT2D eigenvalue weighted by molar-refractivity contribution is 7.15. The number of thiazole rings is 1. The first-order chi connectivity index (χ1) is 13.0. The van der Waals surface area contributed by atoms with E-state index in [9.17, 15) is 9.59 Å². The van der Waals surface area contributed by atoms with E-state index in [1.807, 2.05) is 5.38 Å². The summed E-state index contributed by atoms with van der Waals surface area (Å²) in [5.74, 6) is 0.163. The highest BCUT2D eigenvalue weighted by Crippen LogP contribution is 2.36. The lowest BCUT2D eigenvalue weighted by molar-refractivity contribution is -0.115. The second-order valence-electron chi connectivity index (χ2n) is 6.11. The van der Waals surface area contributed by atoms with Crippen molar-refractivity contribution in [3.8, 4) is 11.3 Å². The Labute approximate surface area is 165 Å². The Bertz CT molecular complexity index is 926. The van der Waals surface area contributed by atoms with Crippen molar-refractivity contribution >= 4 is 39.6 Å². The largest absolute Gasteiger partial charge is 0.464 e. The number of carbonyl (C=O) groups is 2. The van der Waals surface area contributed by atoms with Crippen LogP contribution in [0.4, 0.5) is 5.00 Å². The van der Waals surface area contributed by atoms with Crippen molar-refractivity contribution in [1.29, 1.82) is 0 Å². The van der Waals surface area contributed by atoms with Crippen molar-refractivity contribution in [2.45, 2.75) is 33.1 Å². The van der Waals surface area contributed by atoms with Crippen molar-refractivity contribution < 1.29 is 18.7 Å². The number of thiophene rings is 1. The van der Waals surface area contributed by atoms with E-state index in [1.165, 1.54) is 17.6 Å². The molecule has 0 aromatic carbocycles. The maximum Gasteiger partial charge on any atom is 0.341 e. The number of rotatable bonds is 7. The van der Waals surface area contributed by atoms with Crippen LogP contribution in [-0.2, 0) is 16.0 Å². The number of furan rings is 1. The zero-order valence-corrected chi connectivity index (χ0v) is 16.9. The molecule has 0 aliphatic carbocycles. The molecular formula is C19H20N2O4S2. The molecule has 0 fully saturated rings. The fourth-order valence-corrected chi connectivity index (χ4v) is 4.26. The topological polar surface area (TPSA) is 81.4 Å². The second-order valence-corrected chi connectivity index (χ2v) is 7.88. The number of esters is 1. The average molecular weight is 405 g/mol. The van der Waals surface area contributed by atoms with E-state index in [0.717, 1.165) is 10.7 Å². The minimum Gasteiger partial charge on any atom is -0.464 e. The zero-order chi connectivity index (χ0) is 19.4. The number of carbonyl (C=O) groups excluding carboxylic acids is 2. The molecule has 0 aliphatic rings. The monoisotopic (exact) mass is 404 g/mol. The van der Waals surface area contributed by atoms with Crippen molar-refractivity contribution in [1.82, 2.24) is 4.98 Å². The highest BCUT2D eigenvalue weighted by atomic mass is 32.1. The summed E-state index contributed by atoms with van der Waals surface area (Å²) in [6.45, 7) is 6.12. The van der Waals surface area contributed by atoms with E-state index >= 15 is 0 Å². The summed E-state index contributed by atoms with van der Waals surface area (Å²) >= 11 is 2.81. The fourth-order valence-electron chi connectivity index (χ4n) is 2.47. The van der Waals surface area contributed by atoms with Gasteiger partial charge in [0.05, 0.1) is 30.0 Å². The third kappa shape index (κ3) is 4.45. The van der Waals surface area contributed by atoms with E-state index in [4.69, 9.17) is 9.15 Å². The van der Waals surface area contributed by atoms with Gasteiger partial charge in [-0.05, 0) is 19.1 Å². The van der Waals surface area contributed by atoms with Gasteiger partial charge in [0.25, 0.3) is 0 Å². The zero-order valence-electron chi connectivity index (χ0n) is 15.3. The summed E-state index contributed by atoms with van der Waals surface area (Å²) in [6, 6.07) is 3.51. The van der Waals surface area contributed by atoms with Crippen molar-refractivity contribution in [2.75, 3.05) is 11.9 Å². The van der Waals surface area contributed by atoms with Crippen molar-refractivity contribution in [3.05, 3.63) is 45.4 Å². The van der Waals surface area contributed by atoms with Crippen LogP contribution in [0, 0.1) is 0 Å². The Morgan fingerprint density at radius 3 is 2.74 bits per heavy atom. The number of ether oxygens (including phenoxy) is 1. The van der Waals surface area contributed by atoms with Gasteiger partial charge in [-0.3, -0.25) is 4.79 Å². The quantitative estimate of drug-likeness (QED) is 0.564. The minimum atomic E-state index is -0.490. The number of hydrogen-bond acceptors (Lipinski definition) is 7. The molecule has 0 saturated heterocycles. The standard InChI is InChI=1S/C19H20N2O4S2/c1-4-24-19(23)16-13(14-6-5-7-25-14)10-27-18(16)21-15(22)8-12-9-26-17(20-12)11(2)3/h5-7,9-11H,4,8H2,1-3H3,(H,21,22). The van der Waals surface area contributed by atoms with Gasteiger partial charge in [0.2, 0.25) is 5.91 Å². The van der Waals surface area contributed by atoms with Gasteiger partial charge < -0.3 is 14.5 Å². The van der Waals surface area contributed by atoms with Gasteiger partial charge in [0.15, 0.2) is 0 Å². The predicted molar refractivity (Wildman–Crippen MR) is 107 cm³/mol. The third-order valence-electron chi connectivity index (χ3n) is 3.72. The molecule has 0 spiro atoms. The number of amides is 1. The fraction of sp³-hybridized carbons (Fsp3) is 0.316. The second kappa shape index (κ2) is 8.49. The van der Waals surface area contributed by atoms with Gasteiger partial charge in [-0.15, -0.1) is 22.7 Å². The SMILES string of the molecule is CCOC(=O)c1c(-c2ccco2)csc1NC(=O)Cc1csc(C(C)C)n1. The van der Waals surface area contributed by atoms with Crippen LogP contribution >= 0.6 is 22.7 Å². The number of hydrogen-bond donors (Lipinski definition) is 1. The summed E-state index contributed by atoms with van der Waals surface area (Å²) in [5.41, 5.74) is 1.64. The molecule has 3 heterocycles. The number of aromatic nitrogens is 1. The van der Waals surface area contributed by atoms with Gasteiger partial charge in [0.1, 0.15) is 16.3 Å². The van der Waals surface area contributed by atoms with E-state index in [2.05, 4.69) is 24.1 Å². The molecule has 0 unspecified atom stereocenters. The molecule has 0 bridgehead atoms. The van der Waals surface area contributed by atoms with Gasteiger partial charge in [0, 0.05) is 22.2 Å². The lowest BCUT2D eigenvalue weighted by Crippen LogP contribution is -2.16. The highest BCUT2D eigenvalue weighted by Gasteiger charge is 2.24. The summed E-state index contributed by atoms with van der Waals surface area (Å²) in [5, 5.41) is 7.94. The summed E-state index contributed by atoms with van der Waals surface area (Å²) < 4.78 is 10.6. The van der Waals surface area contributed by atoms with E-state index < -0.39 is 5.97 Å². The van der Waals surface area contributed by atoms with Gasteiger partial charge in [-0.2, -0.15) is 0 Å². The number of nitrogens with one attached hydrogen (secondary N) is 1. The maximum absolute atomic E-state index is 12.5. The van der Waals surface area contributed by atoms with Crippen LogP contribution in [0.5, 0.6) is 0 Å². The minimum absolute atomic E-state index is 0.152. The number of nitrogens with zero attached hydrogens (tertiary/aromatic N) is 1. The first kappa shape index (κ1) is 19.3. The van der Waals surface area contributed by atoms with Crippen LogP contribution in [0.15, 0.2) is 33.6 Å². The van der Waals surface area contributed by atoms with E-state index in [1.54, 1.807) is 35.8 Å². The number of anilines is 1. The normalized spacial score (nSPS) is 11.0. The molecule has 1 amide bonds. The van der Waals surface area contributed by atoms with E-state index in [0.29, 0.717) is 27.8 Å². The molecule has 1 N–H and O–H groups in total. The molecule has 3 aromatic rings. The summed E-state index contributed by atoms with van der Waals surface area (Å²) in [7, 11) is 0. The van der Waals surface area contributed by atoms with Gasteiger partial charge >= 0.3 is 5.97 Å². The van der Waals surface area contributed by atoms with Gasteiger partial charge in [-0.25, -0.2) is 9.78 Å². The first-order valence-electron chi connectivity index (χ1n) is 8.56. The maximum atomic E-state index is 12.5. The molecule has 6 nitrogen and oxygen atoms in total. The molecule has 0 aliphatic heterocycles. The molecule has 0 saturated carbocycles. The molecule has 142 valence electrons. The molecule has 0 atom stereocenters. The Kier molecular flexibility index (Phi) is 6.08. The van der Waals surface area contributed by atoms with Crippen LogP contribution in [0.1, 0.15) is 47.7 Å². The van der Waals surface area contributed by atoms with Crippen LogP contribution in [-0.4, -0.2) is 23.5 Å². The summed E-state index contributed by atoms with van der Waals surface area (Å²) in [6.07, 6.45) is 1.69. The van der Waals surface area contributed by atoms with Gasteiger partial charge in [-0.1, -0.05) is 13.8 Å². The van der Waals surface area contributed by atoms with Crippen molar-refractivity contribution in [3.63, 3.8) is 0 Å². The molecule has 3 rings (SSSR count). The van der Waals surface area contributed by atoms with Crippen molar-refractivity contribution in [2.24, 2.45) is 0 Å². The smallest absolute Gasteiger partial charge is 0.341 e. The third-order valence-corrected chi connectivity index (χ3v) is 5.80. The van der Waals surface area contributed by atoms with Crippen LogP contribution < -0.4 is 5.32 Å². The lowest BCUT2D eigenvalue weighted by Gasteiger charge is -2.07. The average Bonchev–Trinajstić information content (AvgIpc) is 3.35. The van der Waals surface area contributed by atoms with Crippen LogP contribution in [0.2, 0.25) is 0 Å². The Hall–Kier alpha value is -2.45. The molecular weight excluding hydrogens is 384 g/mol. The van der Waals surface area contributed by atoms with Crippen LogP contribution in [0.3, 0.4) is 0 Å². The lowest BCUT2D eigenvalue weighted by atomic mass is 10.1. The molecule has 3 aromatic heterocycles. The molecule has 27 heavy (non-hydrogen) atoms. The van der Waals surface area contributed by atoms with E-state index in [-0.39, 0.29) is 18.9 Å². The first-order valence-corrected chi connectivity index (χ1v) is 10.3. The molecule has 0 radical (unpaired) electrons.